The van der Waals surface area contributed by atoms with Crippen molar-refractivity contribution in [2.45, 2.75) is 39.2 Å². The maximum Gasteiger partial charge on any atom is 0.273 e. The normalized spacial score (nSPS) is 12.2. The van der Waals surface area contributed by atoms with Gasteiger partial charge in [-0.2, -0.15) is 0 Å². The number of carbonyl (C=O) groups excluding carboxylic acids is 1. The minimum Gasteiger partial charge on any atom is -0.494 e. The molecular formula is C20H25N3O4. The zero-order valence-electron chi connectivity index (χ0n) is 16.2. The largest absolute Gasteiger partial charge is 0.494 e. The summed E-state index contributed by atoms with van der Waals surface area (Å²) < 4.78 is 5.14. The number of carbonyl (C=O) groups is 1. The van der Waals surface area contributed by atoms with Crippen LogP contribution in [0.4, 0.5) is 17.1 Å². The van der Waals surface area contributed by atoms with E-state index in [0.717, 1.165) is 5.69 Å². The average Bonchev–Trinajstić information content (AvgIpc) is 2.61. The molecule has 2 N–H and O–H groups in total. The zero-order valence-corrected chi connectivity index (χ0v) is 16.2. The standard InChI is InChI=1S/C20H25N3O4/c1-13(21-15-8-6-14(7-9-15)20(2,3)4)19(24)22-17-11-10-16(23(25)26)12-18(17)27-5/h6-13,21H,1-5H3,(H,22,24)/t13-/m0/s1. The molecule has 0 radical (unpaired) electrons. The van der Waals surface area contributed by atoms with Gasteiger partial charge in [0, 0.05) is 11.8 Å². The number of hydrogen-bond donors (Lipinski definition) is 2. The van der Waals surface area contributed by atoms with E-state index in [9.17, 15) is 14.9 Å². The number of ether oxygens (including phenoxy) is 1. The lowest BCUT2D eigenvalue weighted by Crippen LogP contribution is -2.32. The van der Waals surface area contributed by atoms with Crippen molar-refractivity contribution in [2.75, 3.05) is 17.7 Å². The first-order valence-electron chi connectivity index (χ1n) is 8.62. The summed E-state index contributed by atoms with van der Waals surface area (Å²) in [7, 11) is 1.40. The summed E-state index contributed by atoms with van der Waals surface area (Å²) in [4.78, 5) is 22.8. The number of nitrogens with one attached hydrogen (secondary N) is 2. The molecule has 0 aliphatic carbocycles. The summed E-state index contributed by atoms with van der Waals surface area (Å²) in [6.07, 6.45) is 0. The fraction of sp³-hybridized carbons (Fsp3) is 0.350. The number of nitro groups is 1. The van der Waals surface area contributed by atoms with E-state index >= 15 is 0 Å². The van der Waals surface area contributed by atoms with Gasteiger partial charge in [0.05, 0.1) is 23.8 Å². The molecule has 0 heterocycles. The van der Waals surface area contributed by atoms with Crippen molar-refractivity contribution in [3.63, 3.8) is 0 Å². The molecule has 144 valence electrons. The monoisotopic (exact) mass is 371 g/mol. The van der Waals surface area contributed by atoms with E-state index < -0.39 is 11.0 Å². The highest BCUT2D eigenvalue weighted by Gasteiger charge is 2.18. The van der Waals surface area contributed by atoms with Crippen molar-refractivity contribution < 1.29 is 14.5 Å². The molecule has 0 saturated carbocycles. The first-order valence-corrected chi connectivity index (χ1v) is 8.62. The van der Waals surface area contributed by atoms with Crippen LogP contribution < -0.4 is 15.4 Å². The Balaban J connectivity index is 2.06. The Morgan fingerprint density at radius 1 is 1.15 bits per heavy atom. The topological polar surface area (TPSA) is 93.5 Å². The Labute approximate surface area is 158 Å². The smallest absolute Gasteiger partial charge is 0.273 e. The highest BCUT2D eigenvalue weighted by molar-refractivity contribution is 5.97. The van der Waals surface area contributed by atoms with E-state index in [0.29, 0.717) is 5.69 Å². The van der Waals surface area contributed by atoms with Crippen LogP contribution in [0.2, 0.25) is 0 Å². The number of methoxy groups -OCH3 is 1. The Kier molecular flexibility index (Phi) is 6.05. The summed E-state index contributed by atoms with van der Waals surface area (Å²) in [5.41, 5.74) is 2.38. The predicted molar refractivity (Wildman–Crippen MR) is 107 cm³/mol. The van der Waals surface area contributed by atoms with Crippen LogP contribution >= 0.6 is 0 Å². The molecule has 1 atom stereocenters. The highest BCUT2D eigenvalue weighted by atomic mass is 16.6. The summed E-state index contributed by atoms with van der Waals surface area (Å²) in [6, 6.07) is 11.5. The lowest BCUT2D eigenvalue weighted by Gasteiger charge is -2.20. The van der Waals surface area contributed by atoms with Gasteiger partial charge < -0.3 is 15.4 Å². The van der Waals surface area contributed by atoms with E-state index in [2.05, 4.69) is 31.4 Å². The fourth-order valence-corrected chi connectivity index (χ4v) is 2.52. The van der Waals surface area contributed by atoms with Crippen molar-refractivity contribution in [1.29, 1.82) is 0 Å². The van der Waals surface area contributed by atoms with Gasteiger partial charge in [-0.3, -0.25) is 14.9 Å². The molecule has 0 aromatic heterocycles. The predicted octanol–water partition coefficient (Wildman–Crippen LogP) is 4.34. The molecule has 2 aromatic rings. The quantitative estimate of drug-likeness (QED) is 0.582. The molecule has 0 bridgehead atoms. The Hall–Kier alpha value is -3.09. The summed E-state index contributed by atoms with van der Waals surface area (Å²) in [5.74, 6) is -0.0404. The third-order valence-corrected chi connectivity index (χ3v) is 4.18. The zero-order chi connectivity index (χ0) is 20.2. The van der Waals surface area contributed by atoms with Gasteiger partial charge in [0.25, 0.3) is 5.69 Å². The van der Waals surface area contributed by atoms with Crippen LogP contribution in [0.5, 0.6) is 5.75 Å². The van der Waals surface area contributed by atoms with Crippen molar-refractivity contribution in [1.82, 2.24) is 0 Å². The van der Waals surface area contributed by atoms with Crippen LogP contribution in [0.15, 0.2) is 42.5 Å². The van der Waals surface area contributed by atoms with Gasteiger partial charge in [-0.15, -0.1) is 0 Å². The van der Waals surface area contributed by atoms with E-state index in [1.165, 1.54) is 30.9 Å². The van der Waals surface area contributed by atoms with E-state index in [-0.39, 0.29) is 22.8 Å². The molecule has 7 heteroatoms. The first kappa shape index (κ1) is 20.2. The second-order valence-corrected chi connectivity index (χ2v) is 7.32. The molecule has 0 fully saturated rings. The van der Waals surface area contributed by atoms with Crippen LogP contribution in [-0.2, 0) is 10.2 Å². The molecule has 0 unspecified atom stereocenters. The molecule has 0 aliphatic heterocycles. The van der Waals surface area contributed by atoms with Gasteiger partial charge in [0.2, 0.25) is 5.91 Å². The molecule has 27 heavy (non-hydrogen) atoms. The van der Waals surface area contributed by atoms with Crippen LogP contribution in [0.25, 0.3) is 0 Å². The van der Waals surface area contributed by atoms with E-state index in [1.54, 1.807) is 6.92 Å². The molecule has 0 spiro atoms. The third-order valence-electron chi connectivity index (χ3n) is 4.18. The van der Waals surface area contributed by atoms with Crippen molar-refractivity contribution >= 4 is 23.0 Å². The number of nitro benzene ring substituents is 1. The van der Waals surface area contributed by atoms with Crippen LogP contribution in [-0.4, -0.2) is 24.0 Å². The summed E-state index contributed by atoms with van der Waals surface area (Å²) in [5, 5.41) is 16.7. The molecular weight excluding hydrogens is 346 g/mol. The minimum atomic E-state index is -0.514. The summed E-state index contributed by atoms with van der Waals surface area (Å²) in [6.45, 7) is 8.17. The maximum absolute atomic E-state index is 12.5. The fourth-order valence-electron chi connectivity index (χ4n) is 2.52. The van der Waals surface area contributed by atoms with Gasteiger partial charge in [-0.05, 0) is 36.1 Å². The number of hydrogen-bond acceptors (Lipinski definition) is 5. The van der Waals surface area contributed by atoms with Gasteiger partial charge in [0.15, 0.2) is 0 Å². The van der Waals surface area contributed by atoms with Crippen LogP contribution in [0, 0.1) is 10.1 Å². The van der Waals surface area contributed by atoms with Gasteiger partial charge in [0.1, 0.15) is 11.8 Å². The van der Waals surface area contributed by atoms with Crippen molar-refractivity contribution in [3.05, 3.63) is 58.1 Å². The number of anilines is 2. The van der Waals surface area contributed by atoms with E-state index in [1.807, 2.05) is 24.3 Å². The SMILES string of the molecule is COc1cc([N+](=O)[O-])ccc1NC(=O)[C@H](C)Nc1ccc(C(C)(C)C)cc1. The average molecular weight is 371 g/mol. The van der Waals surface area contributed by atoms with Crippen LogP contribution in [0.3, 0.4) is 0 Å². The Bertz CT molecular complexity index is 826. The Morgan fingerprint density at radius 3 is 2.30 bits per heavy atom. The molecule has 7 nitrogen and oxygen atoms in total. The number of rotatable bonds is 6. The minimum absolute atomic E-state index is 0.0635. The van der Waals surface area contributed by atoms with Crippen LogP contribution in [0.1, 0.15) is 33.3 Å². The summed E-state index contributed by atoms with van der Waals surface area (Å²) >= 11 is 0. The van der Waals surface area contributed by atoms with Gasteiger partial charge >= 0.3 is 0 Å². The second kappa shape index (κ2) is 8.07. The lowest BCUT2D eigenvalue weighted by molar-refractivity contribution is -0.384. The third kappa shape index (κ3) is 5.20. The molecule has 2 rings (SSSR count). The maximum atomic E-state index is 12.5. The van der Waals surface area contributed by atoms with Crippen molar-refractivity contribution in [3.8, 4) is 5.75 Å². The van der Waals surface area contributed by atoms with Gasteiger partial charge in [-0.25, -0.2) is 0 Å². The Morgan fingerprint density at radius 2 is 1.78 bits per heavy atom. The van der Waals surface area contributed by atoms with Crippen molar-refractivity contribution in [2.24, 2.45) is 0 Å². The first-order chi connectivity index (χ1) is 12.6. The molecule has 0 aliphatic rings. The molecule has 1 amide bonds. The number of amides is 1. The number of non-ortho nitro benzene ring substituents is 1. The van der Waals surface area contributed by atoms with Gasteiger partial charge in [-0.1, -0.05) is 32.9 Å². The molecule has 2 aromatic carbocycles. The van der Waals surface area contributed by atoms with E-state index in [4.69, 9.17) is 4.74 Å². The second-order valence-electron chi connectivity index (χ2n) is 7.32. The highest BCUT2D eigenvalue weighted by Crippen LogP contribution is 2.29. The number of benzene rings is 2. The number of nitrogens with zero attached hydrogens (tertiary/aromatic N) is 1. The lowest BCUT2D eigenvalue weighted by atomic mass is 9.87. The molecule has 0 saturated heterocycles.